The molecular formula is C12H12F2N4. The van der Waals surface area contributed by atoms with E-state index in [4.69, 9.17) is 5.73 Å². The van der Waals surface area contributed by atoms with E-state index < -0.39 is 11.6 Å². The molecule has 0 aliphatic rings. The van der Waals surface area contributed by atoms with Crippen LogP contribution < -0.4 is 11.1 Å². The Bertz CT molecular complexity index is 545. The maximum absolute atomic E-state index is 13.6. The Hall–Kier alpha value is -2.08. The van der Waals surface area contributed by atoms with Crippen molar-refractivity contribution >= 4 is 5.95 Å². The lowest BCUT2D eigenvalue weighted by molar-refractivity contribution is 0.585. The Morgan fingerprint density at radius 3 is 2.78 bits per heavy atom. The van der Waals surface area contributed by atoms with Crippen LogP contribution in [0.2, 0.25) is 0 Å². The molecule has 0 bridgehead atoms. The number of rotatable bonds is 4. The van der Waals surface area contributed by atoms with Crippen molar-refractivity contribution in [1.29, 1.82) is 0 Å². The average Bonchev–Trinajstić information content (AvgIpc) is 2.36. The van der Waals surface area contributed by atoms with Gasteiger partial charge in [0.2, 0.25) is 5.95 Å². The van der Waals surface area contributed by atoms with E-state index in [1.807, 2.05) is 0 Å². The average molecular weight is 250 g/mol. The molecule has 2 rings (SSSR count). The largest absolute Gasteiger partial charge is 0.353 e. The summed E-state index contributed by atoms with van der Waals surface area (Å²) >= 11 is 0. The van der Waals surface area contributed by atoms with Crippen molar-refractivity contribution in [3.63, 3.8) is 0 Å². The molecule has 1 aromatic carbocycles. The first-order valence-corrected chi connectivity index (χ1v) is 5.43. The van der Waals surface area contributed by atoms with Crippen LogP contribution in [-0.2, 0) is 0 Å². The first-order chi connectivity index (χ1) is 8.70. The Kier molecular flexibility index (Phi) is 3.78. The van der Waals surface area contributed by atoms with E-state index in [0.29, 0.717) is 24.7 Å². The van der Waals surface area contributed by atoms with Gasteiger partial charge in [0.05, 0.1) is 5.69 Å². The zero-order valence-electron chi connectivity index (χ0n) is 9.53. The molecule has 0 atom stereocenters. The highest BCUT2D eigenvalue weighted by molar-refractivity contribution is 5.60. The van der Waals surface area contributed by atoms with Crippen molar-refractivity contribution in [2.75, 3.05) is 18.4 Å². The highest BCUT2D eigenvalue weighted by Gasteiger charge is 2.08. The summed E-state index contributed by atoms with van der Waals surface area (Å²) in [5.74, 6) is -0.910. The minimum atomic E-state index is -0.654. The second kappa shape index (κ2) is 5.50. The summed E-state index contributed by atoms with van der Waals surface area (Å²) in [5, 5.41) is 2.89. The van der Waals surface area contributed by atoms with Crippen LogP contribution in [-0.4, -0.2) is 23.1 Å². The van der Waals surface area contributed by atoms with Crippen molar-refractivity contribution in [1.82, 2.24) is 9.97 Å². The molecule has 6 heteroatoms. The van der Waals surface area contributed by atoms with Crippen LogP contribution in [0.15, 0.2) is 30.5 Å². The molecule has 4 nitrogen and oxygen atoms in total. The van der Waals surface area contributed by atoms with E-state index in [0.717, 1.165) is 6.07 Å². The molecule has 1 heterocycles. The van der Waals surface area contributed by atoms with Crippen molar-refractivity contribution in [3.05, 3.63) is 42.1 Å². The molecule has 0 radical (unpaired) electrons. The molecule has 18 heavy (non-hydrogen) atoms. The number of nitrogens with zero attached hydrogens (tertiary/aromatic N) is 2. The molecule has 2 aromatic rings. The van der Waals surface area contributed by atoms with E-state index >= 15 is 0 Å². The van der Waals surface area contributed by atoms with Gasteiger partial charge in [0, 0.05) is 30.9 Å². The Morgan fingerprint density at radius 2 is 2.06 bits per heavy atom. The minimum absolute atomic E-state index is 0.231. The van der Waals surface area contributed by atoms with E-state index in [-0.39, 0.29) is 5.56 Å². The number of hydrogen-bond donors (Lipinski definition) is 2. The summed E-state index contributed by atoms with van der Waals surface area (Å²) < 4.78 is 26.4. The van der Waals surface area contributed by atoms with Crippen molar-refractivity contribution in [2.45, 2.75) is 0 Å². The molecular weight excluding hydrogens is 238 g/mol. The van der Waals surface area contributed by atoms with Crippen molar-refractivity contribution in [2.24, 2.45) is 5.73 Å². The molecule has 0 saturated heterocycles. The van der Waals surface area contributed by atoms with Gasteiger partial charge in [0.1, 0.15) is 11.6 Å². The van der Waals surface area contributed by atoms with Gasteiger partial charge in [-0.1, -0.05) is 0 Å². The van der Waals surface area contributed by atoms with Gasteiger partial charge in [-0.2, -0.15) is 0 Å². The fourth-order valence-corrected chi connectivity index (χ4v) is 1.48. The highest BCUT2D eigenvalue weighted by Crippen LogP contribution is 2.21. The van der Waals surface area contributed by atoms with E-state index in [2.05, 4.69) is 15.3 Å². The Labute approximate surface area is 103 Å². The summed E-state index contributed by atoms with van der Waals surface area (Å²) in [6.45, 7) is 0.966. The van der Waals surface area contributed by atoms with E-state index in [1.165, 1.54) is 18.3 Å². The van der Waals surface area contributed by atoms with Crippen molar-refractivity contribution in [3.8, 4) is 11.3 Å². The van der Waals surface area contributed by atoms with Crippen LogP contribution in [0.4, 0.5) is 14.7 Å². The predicted molar refractivity (Wildman–Crippen MR) is 64.9 cm³/mol. The number of nitrogens with one attached hydrogen (secondary N) is 1. The minimum Gasteiger partial charge on any atom is -0.353 e. The maximum atomic E-state index is 13.6. The summed E-state index contributed by atoms with van der Waals surface area (Å²) in [6, 6.07) is 4.92. The molecule has 3 N–H and O–H groups in total. The number of halogens is 2. The van der Waals surface area contributed by atoms with E-state index in [1.54, 1.807) is 6.07 Å². The van der Waals surface area contributed by atoms with Crippen LogP contribution in [0.5, 0.6) is 0 Å². The number of anilines is 1. The van der Waals surface area contributed by atoms with Gasteiger partial charge in [0.25, 0.3) is 0 Å². The zero-order chi connectivity index (χ0) is 13.0. The van der Waals surface area contributed by atoms with Gasteiger partial charge in [-0.25, -0.2) is 18.7 Å². The molecule has 0 fully saturated rings. The maximum Gasteiger partial charge on any atom is 0.223 e. The number of nitrogens with two attached hydrogens (primary N) is 1. The van der Waals surface area contributed by atoms with Crippen LogP contribution in [0.1, 0.15) is 0 Å². The summed E-state index contributed by atoms with van der Waals surface area (Å²) in [5.41, 5.74) is 5.97. The summed E-state index contributed by atoms with van der Waals surface area (Å²) in [6.07, 6.45) is 1.50. The third-order valence-electron chi connectivity index (χ3n) is 2.29. The number of aromatic nitrogens is 2. The SMILES string of the molecule is NCCNc1nccc(-c2ccc(F)cc2F)n1. The van der Waals surface area contributed by atoms with Gasteiger partial charge in [-0.3, -0.25) is 0 Å². The van der Waals surface area contributed by atoms with Gasteiger partial charge in [-0.05, 0) is 18.2 Å². The lowest BCUT2D eigenvalue weighted by atomic mass is 10.1. The Morgan fingerprint density at radius 1 is 1.22 bits per heavy atom. The van der Waals surface area contributed by atoms with Crippen LogP contribution in [0, 0.1) is 11.6 Å². The first-order valence-electron chi connectivity index (χ1n) is 5.43. The zero-order valence-corrected chi connectivity index (χ0v) is 9.53. The molecule has 1 aromatic heterocycles. The van der Waals surface area contributed by atoms with Gasteiger partial charge < -0.3 is 11.1 Å². The third-order valence-corrected chi connectivity index (χ3v) is 2.29. The smallest absolute Gasteiger partial charge is 0.223 e. The normalized spacial score (nSPS) is 10.4. The molecule has 0 aliphatic carbocycles. The molecule has 0 aliphatic heterocycles. The fourth-order valence-electron chi connectivity index (χ4n) is 1.48. The summed E-state index contributed by atoms with van der Waals surface area (Å²) in [7, 11) is 0. The lowest BCUT2D eigenvalue weighted by Crippen LogP contribution is -2.14. The second-order valence-corrected chi connectivity index (χ2v) is 3.61. The summed E-state index contributed by atoms with van der Waals surface area (Å²) in [4.78, 5) is 8.11. The topological polar surface area (TPSA) is 63.8 Å². The molecule has 0 amide bonds. The molecule has 0 unspecified atom stereocenters. The van der Waals surface area contributed by atoms with E-state index in [9.17, 15) is 8.78 Å². The predicted octanol–water partition coefficient (Wildman–Crippen LogP) is 1.79. The fraction of sp³-hybridized carbons (Fsp3) is 0.167. The molecule has 94 valence electrons. The quantitative estimate of drug-likeness (QED) is 0.868. The van der Waals surface area contributed by atoms with Crippen molar-refractivity contribution < 1.29 is 8.78 Å². The van der Waals surface area contributed by atoms with Crippen LogP contribution >= 0.6 is 0 Å². The lowest BCUT2D eigenvalue weighted by Gasteiger charge is -2.06. The molecule has 0 spiro atoms. The van der Waals surface area contributed by atoms with Crippen LogP contribution in [0.3, 0.4) is 0 Å². The van der Waals surface area contributed by atoms with Gasteiger partial charge in [0.15, 0.2) is 0 Å². The van der Waals surface area contributed by atoms with Crippen LogP contribution in [0.25, 0.3) is 11.3 Å². The Balaban J connectivity index is 2.32. The first kappa shape index (κ1) is 12.4. The monoisotopic (exact) mass is 250 g/mol. The second-order valence-electron chi connectivity index (χ2n) is 3.61. The van der Waals surface area contributed by atoms with Gasteiger partial charge >= 0.3 is 0 Å². The molecule has 0 saturated carbocycles. The third kappa shape index (κ3) is 2.78. The highest BCUT2D eigenvalue weighted by atomic mass is 19.1. The van der Waals surface area contributed by atoms with Gasteiger partial charge in [-0.15, -0.1) is 0 Å². The standard InChI is InChI=1S/C12H12F2N4/c13-8-1-2-9(10(14)7-8)11-3-5-16-12(18-11)17-6-4-15/h1-3,5,7H,4,6,15H2,(H,16,17,18). The number of hydrogen-bond acceptors (Lipinski definition) is 4. The number of benzene rings is 1.